The molecule has 0 saturated carbocycles. The quantitative estimate of drug-likeness (QED) is 0.652. The highest BCUT2D eigenvalue weighted by Crippen LogP contribution is 2.19. The summed E-state index contributed by atoms with van der Waals surface area (Å²) >= 11 is 0. The molecule has 8 nitrogen and oxygen atoms in total. The van der Waals surface area contributed by atoms with Crippen LogP contribution in [0.1, 0.15) is 32.9 Å². The van der Waals surface area contributed by atoms with Crippen LogP contribution in [0.25, 0.3) is 11.0 Å². The SMILES string of the molecule is Cc1nc2cnc(N)c(C#Cc3cncc(C(=O)NCC4COC4)c3)c2nc1C. The highest BCUT2D eigenvalue weighted by atomic mass is 16.5. The number of pyridine rings is 2. The number of amides is 1. The highest BCUT2D eigenvalue weighted by Gasteiger charge is 2.19. The van der Waals surface area contributed by atoms with E-state index in [1.54, 1.807) is 18.5 Å². The number of rotatable bonds is 3. The molecule has 4 heterocycles. The van der Waals surface area contributed by atoms with Crippen LogP contribution < -0.4 is 11.1 Å². The van der Waals surface area contributed by atoms with Crippen LogP contribution >= 0.6 is 0 Å². The van der Waals surface area contributed by atoms with Gasteiger partial charge < -0.3 is 15.8 Å². The molecule has 3 aromatic heterocycles. The summed E-state index contributed by atoms with van der Waals surface area (Å²) in [5, 5.41) is 2.89. The van der Waals surface area contributed by atoms with Gasteiger partial charge in [-0.05, 0) is 19.9 Å². The summed E-state index contributed by atoms with van der Waals surface area (Å²) in [4.78, 5) is 29.7. The van der Waals surface area contributed by atoms with E-state index in [-0.39, 0.29) is 11.7 Å². The van der Waals surface area contributed by atoms with Gasteiger partial charge in [0.1, 0.15) is 16.9 Å². The third kappa shape index (κ3) is 4.00. The number of nitrogens with two attached hydrogens (primary N) is 1. The Morgan fingerprint density at radius 2 is 2.00 bits per heavy atom. The van der Waals surface area contributed by atoms with E-state index in [2.05, 4.69) is 37.1 Å². The second kappa shape index (κ2) is 7.81. The lowest BCUT2D eigenvalue weighted by atomic mass is 10.1. The van der Waals surface area contributed by atoms with Gasteiger partial charge in [-0.1, -0.05) is 11.8 Å². The normalized spacial score (nSPS) is 13.4. The molecule has 0 bridgehead atoms. The van der Waals surface area contributed by atoms with Crippen molar-refractivity contribution < 1.29 is 9.53 Å². The number of aryl methyl sites for hydroxylation is 2. The lowest BCUT2D eigenvalue weighted by Gasteiger charge is -2.25. The van der Waals surface area contributed by atoms with Crippen molar-refractivity contribution >= 4 is 22.8 Å². The second-order valence-corrected chi connectivity index (χ2v) is 6.97. The van der Waals surface area contributed by atoms with E-state index in [4.69, 9.17) is 10.5 Å². The molecule has 4 rings (SSSR count). The molecule has 1 aliphatic heterocycles. The molecular formula is C21H20N6O2. The molecule has 0 aromatic carbocycles. The van der Waals surface area contributed by atoms with Gasteiger partial charge in [0.15, 0.2) is 0 Å². The van der Waals surface area contributed by atoms with Crippen molar-refractivity contribution in [3.05, 3.63) is 52.7 Å². The number of nitrogen functional groups attached to an aromatic ring is 1. The summed E-state index contributed by atoms with van der Waals surface area (Å²) in [5.74, 6) is 6.52. The Kier molecular flexibility index (Phi) is 5.06. The fraction of sp³-hybridized carbons (Fsp3) is 0.286. The van der Waals surface area contributed by atoms with E-state index in [0.29, 0.717) is 53.4 Å². The van der Waals surface area contributed by atoms with Gasteiger partial charge in [-0.15, -0.1) is 0 Å². The van der Waals surface area contributed by atoms with E-state index in [0.717, 1.165) is 11.4 Å². The number of hydrogen-bond acceptors (Lipinski definition) is 7. The van der Waals surface area contributed by atoms with Crippen molar-refractivity contribution in [3.63, 3.8) is 0 Å². The van der Waals surface area contributed by atoms with Crippen molar-refractivity contribution in [2.75, 3.05) is 25.5 Å². The van der Waals surface area contributed by atoms with Crippen molar-refractivity contribution in [1.29, 1.82) is 0 Å². The minimum Gasteiger partial charge on any atom is -0.383 e. The summed E-state index contributed by atoms with van der Waals surface area (Å²) in [7, 11) is 0. The minimum absolute atomic E-state index is 0.184. The van der Waals surface area contributed by atoms with Crippen LogP contribution in [0.4, 0.5) is 5.82 Å². The van der Waals surface area contributed by atoms with Gasteiger partial charge in [-0.25, -0.2) is 15.0 Å². The number of ether oxygens (including phenoxy) is 1. The number of carbonyl (C=O) groups is 1. The molecule has 8 heteroatoms. The Morgan fingerprint density at radius 1 is 1.21 bits per heavy atom. The average molecular weight is 388 g/mol. The number of hydrogen-bond donors (Lipinski definition) is 2. The fourth-order valence-electron chi connectivity index (χ4n) is 2.84. The molecule has 3 N–H and O–H groups in total. The molecular weight excluding hydrogens is 368 g/mol. The van der Waals surface area contributed by atoms with Crippen LogP contribution in [-0.2, 0) is 4.74 Å². The van der Waals surface area contributed by atoms with Crippen molar-refractivity contribution in [2.24, 2.45) is 5.92 Å². The number of anilines is 1. The Bertz CT molecular complexity index is 1160. The molecule has 3 aromatic rings. The van der Waals surface area contributed by atoms with Gasteiger partial charge in [-0.2, -0.15) is 0 Å². The first kappa shape index (κ1) is 18.8. The van der Waals surface area contributed by atoms with Crippen LogP contribution in [0, 0.1) is 31.6 Å². The van der Waals surface area contributed by atoms with Gasteiger partial charge in [0.25, 0.3) is 5.91 Å². The lowest BCUT2D eigenvalue weighted by molar-refractivity contribution is -0.0298. The van der Waals surface area contributed by atoms with Crippen LogP contribution in [0.5, 0.6) is 0 Å². The first-order valence-corrected chi connectivity index (χ1v) is 9.23. The first-order chi connectivity index (χ1) is 14.0. The first-order valence-electron chi connectivity index (χ1n) is 9.23. The predicted molar refractivity (Wildman–Crippen MR) is 108 cm³/mol. The van der Waals surface area contributed by atoms with Gasteiger partial charge in [0.05, 0.1) is 41.9 Å². The van der Waals surface area contributed by atoms with E-state index < -0.39 is 0 Å². The molecule has 1 saturated heterocycles. The zero-order chi connectivity index (χ0) is 20.4. The van der Waals surface area contributed by atoms with Crippen LogP contribution in [0.3, 0.4) is 0 Å². The number of carbonyl (C=O) groups excluding carboxylic acids is 1. The molecule has 1 fully saturated rings. The van der Waals surface area contributed by atoms with E-state index in [1.807, 2.05) is 13.8 Å². The standard InChI is InChI=1S/C21H20N6O2/c1-12-13(2)27-19-17(20(22)24-9-18(19)26-12)4-3-14-5-16(8-23-6-14)21(28)25-7-15-10-29-11-15/h5-6,8-9,15H,7,10-11H2,1-2H3,(H2,22,24)(H,25,28). The van der Waals surface area contributed by atoms with Gasteiger partial charge in [-0.3, -0.25) is 9.78 Å². The molecule has 1 aliphatic rings. The number of nitrogens with zero attached hydrogens (tertiary/aromatic N) is 4. The molecule has 0 spiro atoms. The summed E-state index contributed by atoms with van der Waals surface area (Å²) in [6.45, 7) is 5.74. The summed E-state index contributed by atoms with van der Waals surface area (Å²) in [6, 6.07) is 1.70. The Balaban J connectivity index is 1.61. The number of aromatic nitrogens is 4. The maximum Gasteiger partial charge on any atom is 0.252 e. The Labute approximate surface area is 167 Å². The topological polar surface area (TPSA) is 116 Å². The van der Waals surface area contributed by atoms with Crippen LogP contribution in [-0.4, -0.2) is 45.6 Å². The van der Waals surface area contributed by atoms with Crippen molar-refractivity contribution in [2.45, 2.75) is 13.8 Å². The molecule has 0 aliphatic carbocycles. The Hall–Kier alpha value is -3.57. The maximum absolute atomic E-state index is 12.3. The third-order valence-electron chi connectivity index (χ3n) is 4.74. The van der Waals surface area contributed by atoms with Gasteiger partial charge >= 0.3 is 0 Å². The fourth-order valence-corrected chi connectivity index (χ4v) is 2.84. The summed E-state index contributed by atoms with van der Waals surface area (Å²) in [6.07, 6.45) is 4.71. The molecule has 0 atom stereocenters. The zero-order valence-corrected chi connectivity index (χ0v) is 16.2. The van der Waals surface area contributed by atoms with Crippen LogP contribution in [0.2, 0.25) is 0 Å². The highest BCUT2D eigenvalue weighted by molar-refractivity contribution is 5.94. The number of nitrogens with one attached hydrogen (secondary N) is 1. The maximum atomic E-state index is 12.3. The van der Waals surface area contributed by atoms with Gasteiger partial charge in [0.2, 0.25) is 0 Å². The Morgan fingerprint density at radius 3 is 2.76 bits per heavy atom. The molecule has 0 radical (unpaired) electrons. The van der Waals surface area contributed by atoms with E-state index in [9.17, 15) is 4.79 Å². The number of fused-ring (bicyclic) bond motifs is 1. The summed E-state index contributed by atoms with van der Waals surface area (Å²) in [5.41, 5.74) is 10.5. The van der Waals surface area contributed by atoms with E-state index >= 15 is 0 Å². The van der Waals surface area contributed by atoms with E-state index in [1.165, 1.54) is 6.20 Å². The second-order valence-electron chi connectivity index (χ2n) is 6.97. The molecule has 1 amide bonds. The molecule has 29 heavy (non-hydrogen) atoms. The lowest BCUT2D eigenvalue weighted by Crippen LogP contribution is -2.39. The average Bonchev–Trinajstić information content (AvgIpc) is 2.67. The zero-order valence-electron chi connectivity index (χ0n) is 16.2. The predicted octanol–water partition coefficient (Wildman–Crippen LogP) is 1.39. The molecule has 0 unspecified atom stereocenters. The van der Waals surface area contributed by atoms with Gasteiger partial charge in [0, 0.05) is 30.4 Å². The minimum atomic E-state index is -0.184. The van der Waals surface area contributed by atoms with Crippen molar-refractivity contribution in [3.8, 4) is 11.8 Å². The smallest absolute Gasteiger partial charge is 0.252 e. The third-order valence-corrected chi connectivity index (χ3v) is 4.74. The van der Waals surface area contributed by atoms with Crippen molar-refractivity contribution in [1.82, 2.24) is 25.3 Å². The summed E-state index contributed by atoms with van der Waals surface area (Å²) < 4.78 is 5.11. The monoisotopic (exact) mass is 388 g/mol. The largest absolute Gasteiger partial charge is 0.383 e. The molecule has 146 valence electrons. The van der Waals surface area contributed by atoms with Crippen LogP contribution in [0.15, 0.2) is 24.7 Å².